The zero-order valence-corrected chi connectivity index (χ0v) is 16.8. The molecule has 1 amide bonds. The molecule has 0 bridgehead atoms. The third-order valence-corrected chi connectivity index (χ3v) is 5.72. The van der Waals surface area contributed by atoms with Crippen LogP contribution in [-0.2, 0) is 4.79 Å². The number of carbonyl (C=O) groups is 1. The summed E-state index contributed by atoms with van der Waals surface area (Å²) in [6.45, 7) is 2.13. The fourth-order valence-corrected chi connectivity index (χ4v) is 4.18. The number of H-pyrrole nitrogens is 1. The van der Waals surface area contributed by atoms with Gasteiger partial charge in [-0.05, 0) is 30.7 Å². The Bertz CT molecular complexity index is 992. The quantitative estimate of drug-likeness (QED) is 0.577. The van der Waals surface area contributed by atoms with Crippen molar-refractivity contribution in [3.63, 3.8) is 0 Å². The zero-order chi connectivity index (χ0) is 20.2. The third kappa shape index (κ3) is 3.80. The summed E-state index contributed by atoms with van der Waals surface area (Å²) in [6.07, 6.45) is 2.91. The molecule has 0 radical (unpaired) electrons. The molecule has 2 atom stereocenters. The molecule has 2 aromatic carbocycles. The van der Waals surface area contributed by atoms with Crippen LogP contribution in [-0.4, -0.2) is 44.7 Å². The number of aromatic amines is 1. The van der Waals surface area contributed by atoms with E-state index >= 15 is 0 Å². The van der Waals surface area contributed by atoms with Crippen LogP contribution in [0.2, 0.25) is 0 Å². The van der Waals surface area contributed by atoms with Crippen molar-refractivity contribution in [1.82, 2.24) is 15.6 Å². The summed E-state index contributed by atoms with van der Waals surface area (Å²) in [7, 11) is 3.29. The average molecular weight is 393 g/mol. The first-order valence-corrected chi connectivity index (χ1v) is 9.98. The molecule has 29 heavy (non-hydrogen) atoms. The van der Waals surface area contributed by atoms with Crippen molar-refractivity contribution < 1.29 is 14.3 Å². The molecule has 1 aromatic heterocycles. The number of carbonyl (C=O) groups excluding carboxylic acids is 1. The van der Waals surface area contributed by atoms with Gasteiger partial charge in [-0.3, -0.25) is 4.79 Å². The Balaban J connectivity index is 1.72. The SMILES string of the molecule is COc1cccc(C(CNC(=O)C2CCNC2)c2c[nH]c3ccccc23)c1OC. The minimum absolute atomic E-state index is 0.0332. The van der Waals surface area contributed by atoms with Gasteiger partial charge in [0.05, 0.1) is 20.1 Å². The molecule has 0 aliphatic carbocycles. The second-order valence-electron chi connectivity index (χ2n) is 7.36. The first-order chi connectivity index (χ1) is 14.2. The van der Waals surface area contributed by atoms with Crippen LogP contribution in [0.5, 0.6) is 11.5 Å². The Morgan fingerprint density at radius 2 is 2.00 bits per heavy atom. The van der Waals surface area contributed by atoms with Crippen LogP contribution in [0.25, 0.3) is 10.9 Å². The molecule has 152 valence electrons. The van der Waals surface area contributed by atoms with Crippen LogP contribution in [0, 0.1) is 5.92 Å². The van der Waals surface area contributed by atoms with Crippen molar-refractivity contribution in [3.8, 4) is 11.5 Å². The lowest BCUT2D eigenvalue weighted by Gasteiger charge is -2.22. The number of ether oxygens (including phenoxy) is 2. The third-order valence-electron chi connectivity index (χ3n) is 5.72. The number of nitrogens with one attached hydrogen (secondary N) is 3. The number of rotatable bonds is 7. The summed E-state index contributed by atoms with van der Waals surface area (Å²) in [5.74, 6) is 1.44. The van der Waals surface area contributed by atoms with Crippen LogP contribution in [0.4, 0.5) is 0 Å². The van der Waals surface area contributed by atoms with E-state index in [1.54, 1.807) is 14.2 Å². The van der Waals surface area contributed by atoms with E-state index in [-0.39, 0.29) is 17.7 Å². The largest absolute Gasteiger partial charge is 0.493 e. The molecule has 6 nitrogen and oxygen atoms in total. The number of methoxy groups -OCH3 is 2. The van der Waals surface area contributed by atoms with Gasteiger partial charge in [-0.25, -0.2) is 0 Å². The highest BCUT2D eigenvalue weighted by molar-refractivity contribution is 5.85. The number of aromatic nitrogens is 1. The monoisotopic (exact) mass is 393 g/mol. The summed E-state index contributed by atoms with van der Waals surface area (Å²) < 4.78 is 11.2. The number of benzene rings is 2. The highest BCUT2D eigenvalue weighted by Crippen LogP contribution is 2.40. The van der Waals surface area contributed by atoms with E-state index in [1.165, 1.54) is 0 Å². The number of hydrogen-bond acceptors (Lipinski definition) is 4. The fourth-order valence-electron chi connectivity index (χ4n) is 4.18. The number of para-hydroxylation sites is 2. The van der Waals surface area contributed by atoms with Crippen LogP contribution < -0.4 is 20.1 Å². The smallest absolute Gasteiger partial charge is 0.224 e. The van der Waals surface area contributed by atoms with E-state index in [0.29, 0.717) is 18.0 Å². The van der Waals surface area contributed by atoms with E-state index in [9.17, 15) is 4.79 Å². The van der Waals surface area contributed by atoms with Crippen LogP contribution in [0.1, 0.15) is 23.5 Å². The molecule has 2 heterocycles. The van der Waals surface area contributed by atoms with Crippen molar-refractivity contribution in [2.75, 3.05) is 33.9 Å². The van der Waals surface area contributed by atoms with Gasteiger partial charge in [0.15, 0.2) is 11.5 Å². The van der Waals surface area contributed by atoms with Gasteiger partial charge in [0.1, 0.15) is 0 Å². The Morgan fingerprint density at radius 3 is 2.76 bits per heavy atom. The van der Waals surface area contributed by atoms with Gasteiger partial charge in [0.25, 0.3) is 0 Å². The second kappa shape index (κ2) is 8.57. The molecule has 1 fully saturated rings. The van der Waals surface area contributed by atoms with Crippen molar-refractivity contribution in [2.45, 2.75) is 12.3 Å². The van der Waals surface area contributed by atoms with E-state index in [1.807, 2.05) is 36.5 Å². The van der Waals surface area contributed by atoms with Crippen LogP contribution in [0.15, 0.2) is 48.7 Å². The van der Waals surface area contributed by atoms with E-state index in [0.717, 1.165) is 41.5 Å². The van der Waals surface area contributed by atoms with Gasteiger partial charge in [-0.1, -0.05) is 30.3 Å². The second-order valence-corrected chi connectivity index (χ2v) is 7.36. The van der Waals surface area contributed by atoms with Gasteiger partial charge in [-0.2, -0.15) is 0 Å². The fraction of sp³-hybridized carbons (Fsp3) is 0.348. The lowest BCUT2D eigenvalue weighted by molar-refractivity contribution is -0.124. The lowest BCUT2D eigenvalue weighted by Crippen LogP contribution is -2.35. The van der Waals surface area contributed by atoms with E-state index in [2.05, 4.69) is 27.8 Å². The molecular weight excluding hydrogens is 366 g/mol. The first-order valence-electron chi connectivity index (χ1n) is 9.98. The van der Waals surface area contributed by atoms with E-state index in [4.69, 9.17) is 9.47 Å². The van der Waals surface area contributed by atoms with Gasteiger partial charge < -0.3 is 25.1 Å². The molecule has 1 aliphatic rings. The Labute approximate surface area is 170 Å². The first kappa shape index (κ1) is 19.3. The minimum Gasteiger partial charge on any atom is -0.493 e. The van der Waals surface area contributed by atoms with Gasteiger partial charge >= 0.3 is 0 Å². The van der Waals surface area contributed by atoms with Crippen molar-refractivity contribution >= 4 is 16.8 Å². The van der Waals surface area contributed by atoms with Gasteiger partial charge in [-0.15, -0.1) is 0 Å². The molecule has 2 unspecified atom stereocenters. The van der Waals surface area contributed by atoms with Crippen LogP contribution >= 0.6 is 0 Å². The molecule has 3 N–H and O–H groups in total. The summed E-state index contributed by atoms with van der Waals surface area (Å²) in [6, 6.07) is 14.1. The number of amides is 1. The summed E-state index contributed by atoms with van der Waals surface area (Å²) in [4.78, 5) is 16.0. The van der Waals surface area contributed by atoms with Crippen molar-refractivity contribution in [2.24, 2.45) is 5.92 Å². The predicted octanol–water partition coefficient (Wildman–Crippen LogP) is 3.04. The standard InChI is InChI=1S/C23H27N3O3/c1-28-21-9-5-7-17(22(21)29-2)19(14-26-23(27)15-10-11-24-12-15)18-13-25-20-8-4-3-6-16(18)20/h3-9,13,15,19,24-25H,10-12,14H2,1-2H3,(H,26,27). The molecule has 3 aromatic rings. The summed E-state index contributed by atoms with van der Waals surface area (Å²) >= 11 is 0. The molecule has 0 spiro atoms. The number of hydrogen-bond donors (Lipinski definition) is 3. The summed E-state index contributed by atoms with van der Waals surface area (Å²) in [5.41, 5.74) is 3.18. The number of fused-ring (bicyclic) bond motifs is 1. The van der Waals surface area contributed by atoms with Crippen molar-refractivity contribution in [1.29, 1.82) is 0 Å². The van der Waals surface area contributed by atoms with Gasteiger partial charge in [0.2, 0.25) is 5.91 Å². The Morgan fingerprint density at radius 1 is 1.14 bits per heavy atom. The topological polar surface area (TPSA) is 75.4 Å². The van der Waals surface area contributed by atoms with E-state index < -0.39 is 0 Å². The normalized spacial score (nSPS) is 17.2. The lowest BCUT2D eigenvalue weighted by atomic mass is 9.89. The highest BCUT2D eigenvalue weighted by Gasteiger charge is 2.27. The maximum absolute atomic E-state index is 12.7. The average Bonchev–Trinajstić information content (AvgIpc) is 3.44. The molecule has 1 saturated heterocycles. The van der Waals surface area contributed by atoms with Crippen molar-refractivity contribution in [3.05, 3.63) is 59.8 Å². The molecular formula is C23H27N3O3. The molecule has 1 aliphatic heterocycles. The molecule has 0 saturated carbocycles. The summed E-state index contributed by atoms with van der Waals surface area (Å²) in [5, 5.41) is 7.57. The van der Waals surface area contributed by atoms with Gasteiger partial charge in [0, 0.05) is 41.7 Å². The predicted molar refractivity (Wildman–Crippen MR) is 114 cm³/mol. The Kier molecular flexibility index (Phi) is 5.71. The van der Waals surface area contributed by atoms with Crippen LogP contribution in [0.3, 0.4) is 0 Å². The highest BCUT2D eigenvalue weighted by atomic mass is 16.5. The molecule has 4 rings (SSSR count). The Hall–Kier alpha value is -2.99. The molecule has 6 heteroatoms. The maximum atomic E-state index is 12.7. The maximum Gasteiger partial charge on any atom is 0.224 e. The zero-order valence-electron chi connectivity index (χ0n) is 16.8. The minimum atomic E-state index is -0.0745.